The van der Waals surface area contributed by atoms with Crippen molar-refractivity contribution >= 4 is 23.4 Å². The van der Waals surface area contributed by atoms with Gasteiger partial charge in [0, 0.05) is 5.69 Å². The first-order chi connectivity index (χ1) is 11.5. The van der Waals surface area contributed by atoms with Gasteiger partial charge in [0.05, 0.1) is 12.8 Å². The molecule has 0 radical (unpaired) electrons. The summed E-state index contributed by atoms with van der Waals surface area (Å²) >= 11 is 0. The average molecular weight is 334 g/mol. The highest BCUT2D eigenvalue weighted by molar-refractivity contribution is 6.67. The highest BCUT2D eigenvalue weighted by Crippen LogP contribution is 2.18. The van der Waals surface area contributed by atoms with Gasteiger partial charge in [-0.2, -0.15) is 0 Å². The summed E-state index contributed by atoms with van der Waals surface area (Å²) in [6.45, 7) is 1.65. The van der Waals surface area contributed by atoms with E-state index in [2.05, 4.69) is 15.0 Å². The van der Waals surface area contributed by atoms with Crippen LogP contribution in [0.4, 0.5) is 10.3 Å². The van der Waals surface area contributed by atoms with Crippen LogP contribution >= 0.6 is 0 Å². The number of nitrogens with zero attached hydrogens (tertiary/aromatic N) is 3. The molecule has 0 aliphatic rings. The molecule has 2 rings (SSSR count). The maximum atomic E-state index is 13.1. The van der Waals surface area contributed by atoms with Crippen LogP contribution in [0, 0.1) is 5.82 Å². The molecule has 0 spiro atoms. The lowest BCUT2D eigenvalue weighted by molar-refractivity contribution is -0.135. The maximum absolute atomic E-state index is 13.1. The van der Waals surface area contributed by atoms with Crippen LogP contribution in [0.15, 0.2) is 35.6 Å². The lowest BCUT2D eigenvalue weighted by atomic mass is 10.2. The number of halogens is 1. The average Bonchev–Trinajstić information content (AvgIpc) is 2.94. The number of carbonyl (C=O) groups is 2. The first-order valence-corrected chi connectivity index (χ1v) is 6.91. The maximum Gasteiger partial charge on any atom is 0.364 e. The number of ether oxygens (including phenoxy) is 1. The third kappa shape index (κ3) is 3.40. The van der Waals surface area contributed by atoms with Crippen LogP contribution in [0.3, 0.4) is 0 Å². The molecule has 0 saturated heterocycles. The molecular formula is C15H15FN4O4. The highest BCUT2D eigenvalue weighted by atomic mass is 19.1. The summed E-state index contributed by atoms with van der Waals surface area (Å²) in [6, 6.07) is 5.25. The van der Waals surface area contributed by atoms with Crippen molar-refractivity contribution in [2.45, 2.75) is 6.92 Å². The van der Waals surface area contributed by atoms with E-state index in [1.54, 1.807) is 6.92 Å². The van der Waals surface area contributed by atoms with E-state index in [0.29, 0.717) is 5.69 Å². The van der Waals surface area contributed by atoms with E-state index in [9.17, 15) is 14.0 Å². The van der Waals surface area contributed by atoms with E-state index < -0.39 is 23.3 Å². The number of aromatic nitrogens is 2. The zero-order valence-corrected chi connectivity index (χ0v) is 13.0. The molecule has 0 saturated carbocycles. The van der Waals surface area contributed by atoms with Crippen molar-refractivity contribution < 1.29 is 23.6 Å². The molecule has 2 aromatic rings. The molecule has 0 aliphatic carbocycles. The largest absolute Gasteiger partial charge is 0.461 e. The number of oxime groups is 1. The Balaban J connectivity index is 2.48. The Hall–Kier alpha value is -3.23. The Morgan fingerprint density at radius 1 is 1.33 bits per heavy atom. The van der Waals surface area contributed by atoms with Crippen molar-refractivity contribution in [3.05, 3.63) is 42.0 Å². The molecule has 1 aromatic carbocycles. The Morgan fingerprint density at radius 3 is 2.58 bits per heavy atom. The SMILES string of the molecule is CCOC(=O)/C(=N/OC)C(=O)c1cnc(N)n1-c1ccc(F)cc1. The number of ketones is 1. The predicted octanol–water partition coefficient (Wildman–Crippen LogP) is 1.34. The number of esters is 1. The van der Waals surface area contributed by atoms with E-state index in [1.807, 2.05) is 0 Å². The minimum atomic E-state index is -0.935. The first kappa shape index (κ1) is 17.1. The van der Waals surface area contributed by atoms with Gasteiger partial charge in [0.15, 0.2) is 0 Å². The van der Waals surface area contributed by atoms with Crippen molar-refractivity contribution in [3.8, 4) is 5.69 Å². The highest BCUT2D eigenvalue weighted by Gasteiger charge is 2.28. The van der Waals surface area contributed by atoms with Crippen molar-refractivity contribution in [2.24, 2.45) is 5.16 Å². The van der Waals surface area contributed by atoms with Gasteiger partial charge >= 0.3 is 5.97 Å². The normalized spacial score (nSPS) is 11.2. The second-order valence-corrected chi connectivity index (χ2v) is 4.49. The molecule has 0 bridgehead atoms. The lowest BCUT2D eigenvalue weighted by Gasteiger charge is -2.10. The number of nitrogens with two attached hydrogens (primary N) is 1. The van der Waals surface area contributed by atoms with Gasteiger partial charge in [-0.05, 0) is 31.2 Å². The molecule has 0 atom stereocenters. The van der Waals surface area contributed by atoms with Crippen LogP contribution in [0.2, 0.25) is 0 Å². The van der Waals surface area contributed by atoms with Crippen LogP contribution < -0.4 is 5.73 Å². The molecule has 1 heterocycles. The van der Waals surface area contributed by atoms with Crippen LogP contribution in [-0.4, -0.2) is 40.7 Å². The fourth-order valence-electron chi connectivity index (χ4n) is 1.97. The molecule has 2 N–H and O–H groups in total. The second-order valence-electron chi connectivity index (χ2n) is 4.49. The molecular weight excluding hydrogens is 319 g/mol. The van der Waals surface area contributed by atoms with E-state index in [4.69, 9.17) is 10.5 Å². The van der Waals surface area contributed by atoms with Gasteiger partial charge in [0.2, 0.25) is 17.4 Å². The molecule has 8 nitrogen and oxygen atoms in total. The summed E-state index contributed by atoms with van der Waals surface area (Å²) in [5.41, 5.74) is 5.58. The van der Waals surface area contributed by atoms with Gasteiger partial charge in [-0.15, -0.1) is 0 Å². The van der Waals surface area contributed by atoms with E-state index in [1.165, 1.54) is 42.1 Å². The van der Waals surface area contributed by atoms with Gasteiger partial charge in [0.1, 0.15) is 18.6 Å². The smallest absolute Gasteiger partial charge is 0.364 e. The fraction of sp³-hybridized carbons (Fsp3) is 0.200. The minimum absolute atomic E-state index is 0.00872. The van der Waals surface area contributed by atoms with Gasteiger partial charge in [0.25, 0.3) is 0 Å². The Morgan fingerprint density at radius 2 is 2.00 bits per heavy atom. The van der Waals surface area contributed by atoms with Crippen molar-refractivity contribution in [1.82, 2.24) is 9.55 Å². The van der Waals surface area contributed by atoms with Crippen molar-refractivity contribution in [2.75, 3.05) is 19.5 Å². The van der Waals surface area contributed by atoms with E-state index >= 15 is 0 Å². The Bertz CT molecular complexity index is 783. The topological polar surface area (TPSA) is 109 Å². The summed E-state index contributed by atoms with van der Waals surface area (Å²) in [5, 5.41) is 3.43. The summed E-state index contributed by atoms with van der Waals surface area (Å²) in [7, 11) is 1.19. The molecule has 126 valence electrons. The molecule has 0 amide bonds. The number of imidazole rings is 1. The molecule has 24 heavy (non-hydrogen) atoms. The van der Waals surface area contributed by atoms with Gasteiger partial charge in [-0.3, -0.25) is 9.36 Å². The van der Waals surface area contributed by atoms with Crippen LogP contribution in [0.5, 0.6) is 0 Å². The summed E-state index contributed by atoms with van der Waals surface area (Å²) in [6.07, 6.45) is 1.19. The molecule has 1 aromatic heterocycles. The number of hydrogen-bond acceptors (Lipinski definition) is 7. The molecule has 9 heteroatoms. The van der Waals surface area contributed by atoms with Crippen molar-refractivity contribution in [1.29, 1.82) is 0 Å². The van der Waals surface area contributed by atoms with Gasteiger partial charge in [-0.1, -0.05) is 5.16 Å². The number of Topliss-reactive ketones (excluding diaryl/α,β-unsaturated/α-hetero) is 1. The zero-order valence-electron chi connectivity index (χ0n) is 13.0. The molecule has 0 aliphatic heterocycles. The third-order valence-corrected chi connectivity index (χ3v) is 2.97. The number of carbonyl (C=O) groups excluding carboxylic acids is 2. The van der Waals surface area contributed by atoms with Crippen LogP contribution in [0.25, 0.3) is 5.69 Å². The Labute approximate surface area is 136 Å². The first-order valence-electron chi connectivity index (χ1n) is 6.91. The molecule has 0 unspecified atom stereocenters. The number of benzene rings is 1. The quantitative estimate of drug-likeness (QED) is 0.281. The van der Waals surface area contributed by atoms with Gasteiger partial charge < -0.3 is 15.3 Å². The zero-order chi connectivity index (χ0) is 17.7. The standard InChI is InChI=1S/C15H15FN4O4/c1-3-24-14(22)12(19-23-2)13(21)11-8-18-15(17)20(11)10-6-4-9(16)5-7-10/h4-8H,3H2,1-2H3,(H2,17,18)/b19-12+. The summed E-state index contributed by atoms with van der Waals surface area (Å²) < 4.78 is 19.1. The number of nitrogen functional groups attached to an aromatic ring is 1. The van der Waals surface area contributed by atoms with Gasteiger partial charge in [-0.25, -0.2) is 14.2 Å². The van der Waals surface area contributed by atoms with E-state index in [-0.39, 0.29) is 18.2 Å². The Kier molecular flexibility index (Phi) is 5.25. The third-order valence-electron chi connectivity index (χ3n) is 2.97. The second kappa shape index (κ2) is 7.36. The monoisotopic (exact) mass is 334 g/mol. The van der Waals surface area contributed by atoms with Crippen molar-refractivity contribution in [3.63, 3.8) is 0 Å². The van der Waals surface area contributed by atoms with E-state index in [0.717, 1.165) is 0 Å². The van der Waals surface area contributed by atoms with Crippen LogP contribution in [-0.2, 0) is 14.4 Å². The summed E-state index contributed by atoms with van der Waals surface area (Å²) in [5.74, 6) is -2.18. The number of anilines is 1. The fourth-order valence-corrected chi connectivity index (χ4v) is 1.97. The minimum Gasteiger partial charge on any atom is -0.461 e. The molecule has 0 fully saturated rings. The van der Waals surface area contributed by atoms with Crippen LogP contribution in [0.1, 0.15) is 17.4 Å². The lowest BCUT2D eigenvalue weighted by Crippen LogP contribution is -2.28. The number of rotatable bonds is 6. The number of hydrogen-bond donors (Lipinski definition) is 1. The summed E-state index contributed by atoms with van der Waals surface area (Å²) in [4.78, 5) is 32.9. The predicted molar refractivity (Wildman–Crippen MR) is 83.3 cm³/mol.